The maximum atomic E-state index is 11.1. The van der Waals surface area contributed by atoms with Crippen LogP contribution in [0.25, 0.3) is 0 Å². The van der Waals surface area contributed by atoms with Gasteiger partial charge in [-0.3, -0.25) is 9.10 Å². The zero-order chi connectivity index (χ0) is 8.59. The van der Waals surface area contributed by atoms with E-state index in [0.29, 0.717) is 6.54 Å². The number of hydrogen-bond acceptors (Lipinski definition) is 2. The van der Waals surface area contributed by atoms with Gasteiger partial charge in [-0.15, -0.1) is 0 Å². The molecule has 1 amide bonds. The van der Waals surface area contributed by atoms with Crippen LogP contribution in [0.4, 0.5) is 0 Å². The summed E-state index contributed by atoms with van der Waals surface area (Å²) in [6.07, 6.45) is 0. The SMILES string of the molecule is CCN1C(=O)C(Cl)=C(Cl)S1=O. The molecule has 0 aliphatic carbocycles. The maximum absolute atomic E-state index is 11.1. The molecule has 1 heterocycles. The quantitative estimate of drug-likeness (QED) is 0.656. The smallest absolute Gasteiger partial charge is 0.267 e. The summed E-state index contributed by atoms with van der Waals surface area (Å²) < 4.78 is 12.1. The Hall–Kier alpha value is -0.0600. The molecule has 11 heavy (non-hydrogen) atoms. The van der Waals surface area contributed by atoms with Crippen molar-refractivity contribution in [1.29, 1.82) is 0 Å². The van der Waals surface area contributed by atoms with Crippen LogP contribution in [0.2, 0.25) is 0 Å². The zero-order valence-electron chi connectivity index (χ0n) is 5.63. The van der Waals surface area contributed by atoms with Crippen molar-refractivity contribution in [3.8, 4) is 0 Å². The van der Waals surface area contributed by atoms with Gasteiger partial charge in [0, 0.05) is 6.54 Å². The number of hydrogen-bond donors (Lipinski definition) is 0. The molecule has 1 aliphatic rings. The molecule has 0 radical (unpaired) electrons. The molecule has 0 bridgehead atoms. The second-order valence-corrected chi connectivity index (χ2v) is 4.16. The Balaban J connectivity index is 3.02. The van der Waals surface area contributed by atoms with Crippen LogP contribution in [0.15, 0.2) is 9.40 Å². The number of carbonyl (C=O) groups is 1. The van der Waals surface area contributed by atoms with E-state index in [9.17, 15) is 9.00 Å². The molecule has 3 nitrogen and oxygen atoms in total. The molecule has 0 saturated carbocycles. The lowest BCUT2D eigenvalue weighted by atomic mass is 10.5. The normalized spacial score (nSPS) is 25.2. The van der Waals surface area contributed by atoms with Gasteiger partial charge in [-0.1, -0.05) is 23.2 Å². The Morgan fingerprint density at radius 1 is 1.55 bits per heavy atom. The minimum Gasteiger partial charge on any atom is -0.267 e. The van der Waals surface area contributed by atoms with Gasteiger partial charge in [-0.05, 0) is 6.92 Å². The lowest BCUT2D eigenvalue weighted by molar-refractivity contribution is -0.121. The fourth-order valence-corrected chi connectivity index (χ4v) is 2.29. The van der Waals surface area contributed by atoms with Gasteiger partial charge in [0.2, 0.25) is 0 Å². The molecule has 0 fully saturated rings. The summed E-state index contributed by atoms with van der Waals surface area (Å²) in [7, 11) is -1.57. The van der Waals surface area contributed by atoms with Crippen molar-refractivity contribution in [2.45, 2.75) is 6.92 Å². The van der Waals surface area contributed by atoms with Gasteiger partial charge in [-0.25, -0.2) is 4.21 Å². The molecule has 1 atom stereocenters. The number of rotatable bonds is 1. The van der Waals surface area contributed by atoms with Gasteiger partial charge < -0.3 is 0 Å². The van der Waals surface area contributed by atoms with Crippen LogP contribution in [-0.2, 0) is 15.8 Å². The Bertz CT molecular complexity index is 239. The first-order chi connectivity index (χ1) is 5.09. The van der Waals surface area contributed by atoms with Gasteiger partial charge >= 0.3 is 0 Å². The van der Waals surface area contributed by atoms with E-state index in [0.717, 1.165) is 4.31 Å². The summed E-state index contributed by atoms with van der Waals surface area (Å²) in [6, 6.07) is 0. The average molecular weight is 214 g/mol. The van der Waals surface area contributed by atoms with Crippen molar-refractivity contribution in [2.75, 3.05) is 6.54 Å². The molecular formula is C5H5Cl2NO2S. The van der Waals surface area contributed by atoms with Gasteiger partial charge in [0.15, 0.2) is 15.3 Å². The van der Waals surface area contributed by atoms with E-state index >= 15 is 0 Å². The van der Waals surface area contributed by atoms with Gasteiger partial charge in [-0.2, -0.15) is 0 Å². The van der Waals surface area contributed by atoms with Crippen molar-refractivity contribution in [1.82, 2.24) is 4.31 Å². The second kappa shape index (κ2) is 3.13. The molecule has 62 valence electrons. The largest absolute Gasteiger partial charge is 0.279 e. The highest BCUT2D eigenvalue weighted by Crippen LogP contribution is 2.29. The molecule has 0 spiro atoms. The number of carbonyl (C=O) groups excluding carboxylic acids is 1. The molecule has 0 saturated heterocycles. The molecule has 1 aliphatic heterocycles. The van der Waals surface area contributed by atoms with Crippen LogP contribution in [0.1, 0.15) is 6.92 Å². The highest BCUT2D eigenvalue weighted by molar-refractivity contribution is 7.89. The number of amides is 1. The molecule has 0 aromatic heterocycles. The fourth-order valence-electron chi connectivity index (χ4n) is 0.703. The summed E-state index contributed by atoms with van der Waals surface area (Å²) in [5.74, 6) is -0.461. The Kier molecular flexibility index (Phi) is 2.57. The van der Waals surface area contributed by atoms with E-state index in [2.05, 4.69) is 0 Å². The van der Waals surface area contributed by atoms with E-state index in [1.165, 1.54) is 0 Å². The van der Waals surface area contributed by atoms with Gasteiger partial charge in [0.05, 0.1) is 0 Å². The second-order valence-electron chi connectivity index (χ2n) is 1.84. The summed E-state index contributed by atoms with van der Waals surface area (Å²) >= 11 is 10.9. The van der Waals surface area contributed by atoms with Crippen LogP contribution in [0.3, 0.4) is 0 Å². The van der Waals surface area contributed by atoms with Crippen LogP contribution >= 0.6 is 23.2 Å². The van der Waals surface area contributed by atoms with Crippen molar-refractivity contribution < 1.29 is 9.00 Å². The van der Waals surface area contributed by atoms with E-state index in [1.54, 1.807) is 6.92 Å². The van der Waals surface area contributed by atoms with Gasteiger partial charge in [0.25, 0.3) is 5.91 Å². The molecule has 0 N–H and O–H groups in total. The third-order valence-corrected chi connectivity index (χ3v) is 3.71. The molecule has 1 unspecified atom stereocenters. The van der Waals surface area contributed by atoms with Crippen LogP contribution in [-0.4, -0.2) is 21.0 Å². The fraction of sp³-hybridized carbons (Fsp3) is 0.400. The van der Waals surface area contributed by atoms with Crippen molar-refractivity contribution >= 4 is 40.1 Å². The first-order valence-corrected chi connectivity index (χ1v) is 4.75. The molecule has 0 aromatic carbocycles. The van der Waals surface area contributed by atoms with E-state index in [4.69, 9.17) is 23.2 Å². The third-order valence-electron chi connectivity index (χ3n) is 1.23. The average Bonchev–Trinajstić information content (AvgIpc) is 2.17. The standard InChI is InChI=1S/C5H5Cl2NO2S/c1-2-8-5(9)3(6)4(7)11(8)10/h2H2,1H3. The van der Waals surface area contributed by atoms with Crippen molar-refractivity contribution in [3.63, 3.8) is 0 Å². The topological polar surface area (TPSA) is 37.4 Å². The molecular weight excluding hydrogens is 209 g/mol. The third kappa shape index (κ3) is 1.30. The molecule has 6 heteroatoms. The zero-order valence-corrected chi connectivity index (χ0v) is 7.96. The van der Waals surface area contributed by atoms with E-state index in [-0.39, 0.29) is 9.40 Å². The lowest BCUT2D eigenvalue weighted by Gasteiger charge is -2.09. The number of likely N-dealkylation sites (N-methyl/N-ethyl adjacent to an activating group) is 1. The van der Waals surface area contributed by atoms with Crippen molar-refractivity contribution in [2.24, 2.45) is 0 Å². The Morgan fingerprint density at radius 3 is 2.27 bits per heavy atom. The van der Waals surface area contributed by atoms with E-state index in [1.807, 2.05) is 0 Å². The predicted octanol–water partition coefficient (Wildman–Crippen LogP) is 1.16. The highest BCUT2D eigenvalue weighted by atomic mass is 35.5. The van der Waals surface area contributed by atoms with Crippen LogP contribution in [0, 0.1) is 0 Å². The molecule has 0 aromatic rings. The first kappa shape index (κ1) is 9.03. The lowest BCUT2D eigenvalue weighted by Crippen LogP contribution is -2.26. The maximum Gasteiger partial charge on any atom is 0.279 e. The van der Waals surface area contributed by atoms with Crippen LogP contribution < -0.4 is 0 Å². The summed E-state index contributed by atoms with van der Waals surface area (Å²) in [5.41, 5.74) is 0. The predicted molar refractivity (Wildman–Crippen MR) is 44.3 cm³/mol. The minimum atomic E-state index is -1.57. The Morgan fingerprint density at radius 2 is 2.09 bits per heavy atom. The van der Waals surface area contributed by atoms with E-state index < -0.39 is 16.9 Å². The first-order valence-electron chi connectivity index (χ1n) is 2.88. The molecule has 1 rings (SSSR count). The summed E-state index contributed by atoms with van der Waals surface area (Å²) in [6.45, 7) is 2.05. The number of nitrogens with zero attached hydrogens (tertiary/aromatic N) is 1. The monoisotopic (exact) mass is 213 g/mol. The highest BCUT2D eigenvalue weighted by Gasteiger charge is 2.34. The number of halogens is 2. The Labute approximate surface area is 76.5 Å². The van der Waals surface area contributed by atoms with Crippen molar-refractivity contribution in [3.05, 3.63) is 9.40 Å². The van der Waals surface area contributed by atoms with Crippen LogP contribution in [0.5, 0.6) is 0 Å². The summed E-state index contributed by atoms with van der Waals surface area (Å²) in [4.78, 5) is 11.0. The minimum absolute atomic E-state index is 0.0708. The van der Waals surface area contributed by atoms with Gasteiger partial charge in [0.1, 0.15) is 5.03 Å². The summed E-state index contributed by atoms with van der Waals surface area (Å²) in [5, 5.41) is -0.133.